The number of quaternary nitrogens is 1. The molecule has 2 N–H and O–H groups in total. The van der Waals surface area contributed by atoms with Gasteiger partial charge in [0.15, 0.2) is 0 Å². The molecule has 0 aromatic rings. The maximum Gasteiger partial charge on any atom is 0.0928 e. The van der Waals surface area contributed by atoms with Crippen LogP contribution in [0.25, 0.3) is 0 Å². The van der Waals surface area contributed by atoms with Crippen LogP contribution in [-0.2, 0) is 4.79 Å². The molecule has 0 saturated carbocycles. The topological polar surface area (TPSA) is 56.7 Å². The van der Waals surface area contributed by atoms with Crippen LogP contribution in [0.15, 0.2) is 38.0 Å². The van der Waals surface area contributed by atoms with Gasteiger partial charge in [-0.05, 0) is 13.0 Å². The number of carbonyl (C=O) groups excluding carboxylic acids is 1. The fraction of sp³-hybridized carbons (Fsp3) is 0.417. The first-order chi connectivity index (χ1) is 7.12. The van der Waals surface area contributed by atoms with Crippen molar-refractivity contribution in [3.63, 3.8) is 0 Å². The molecule has 3 nitrogen and oxygen atoms in total. The van der Waals surface area contributed by atoms with Gasteiger partial charge in [-0.3, -0.25) is 0 Å². The van der Waals surface area contributed by atoms with E-state index >= 15 is 0 Å². The normalized spacial score (nSPS) is 8.67. The molecule has 86 valence electrons. The van der Waals surface area contributed by atoms with Crippen LogP contribution in [0.3, 0.4) is 0 Å². The number of carbonyl (C=O) groups is 1. The maximum atomic E-state index is 9.14. The van der Waals surface area contributed by atoms with Crippen molar-refractivity contribution in [3.05, 3.63) is 38.0 Å². The van der Waals surface area contributed by atoms with Gasteiger partial charge >= 0.3 is 0 Å². The molecule has 15 heavy (non-hydrogen) atoms. The van der Waals surface area contributed by atoms with E-state index in [0.717, 1.165) is 25.5 Å². The van der Waals surface area contributed by atoms with E-state index in [-0.39, 0.29) is 0 Å². The summed E-state index contributed by atoms with van der Waals surface area (Å²) in [6.07, 6.45) is 6.83. The molecule has 0 aliphatic rings. The first kappa shape index (κ1) is 16.1. The average molecular weight is 211 g/mol. The smallest absolute Gasteiger partial charge is 0.0928 e. The van der Waals surface area contributed by atoms with Gasteiger partial charge in [0.1, 0.15) is 0 Å². The monoisotopic (exact) mass is 211 g/mol. The summed E-state index contributed by atoms with van der Waals surface area (Å²) in [5, 5.41) is 11.5. The molecule has 0 aromatic heterocycles. The molecular formula is C12H21NO2. The zero-order valence-corrected chi connectivity index (χ0v) is 9.45. The molecule has 0 amide bonds. The van der Waals surface area contributed by atoms with Crippen LogP contribution >= 0.6 is 0 Å². The van der Waals surface area contributed by atoms with Gasteiger partial charge in [-0.1, -0.05) is 18.7 Å². The second kappa shape index (κ2) is 12.7. The fourth-order valence-electron chi connectivity index (χ4n) is 1.05. The largest absolute Gasteiger partial charge is 0.545 e. The summed E-state index contributed by atoms with van der Waals surface area (Å²) in [4.78, 5) is 9.14. The number of hydrogen-bond donors (Lipinski definition) is 1. The van der Waals surface area contributed by atoms with Crippen LogP contribution in [0, 0.1) is 0 Å². The fourth-order valence-corrected chi connectivity index (χ4v) is 1.05. The van der Waals surface area contributed by atoms with E-state index in [9.17, 15) is 0 Å². The van der Waals surface area contributed by atoms with E-state index in [0.29, 0.717) is 6.04 Å². The van der Waals surface area contributed by atoms with Gasteiger partial charge in [-0.2, -0.15) is 0 Å². The Morgan fingerprint density at radius 3 is 1.93 bits per heavy atom. The first-order valence-corrected chi connectivity index (χ1v) is 5.00. The van der Waals surface area contributed by atoms with Gasteiger partial charge in [0.25, 0.3) is 0 Å². The zero-order chi connectivity index (χ0) is 12.1. The van der Waals surface area contributed by atoms with Crippen LogP contribution < -0.4 is 10.4 Å². The third-order valence-corrected chi connectivity index (χ3v) is 1.67. The van der Waals surface area contributed by atoms with Crippen LogP contribution in [-0.4, -0.2) is 18.6 Å². The van der Waals surface area contributed by atoms with Gasteiger partial charge in [-0.15, -0.1) is 13.2 Å². The van der Waals surface area contributed by atoms with Gasteiger partial charge in [0.2, 0.25) is 0 Å². The summed E-state index contributed by atoms with van der Waals surface area (Å²) < 4.78 is 0. The van der Waals surface area contributed by atoms with Crippen LogP contribution in [0.1, 0.15) is 19.8 Å². The lowest BCUT2D eigenvalue weighted by atomic mass is 10.1. The number of hydrogen-bond acceptors (Lipinski definition) is 2. The molecule has 0 rings (SSSR count). The molecule has 0 atom stereocenters. The average Bonchev–Trinajstić information content (AvgIpc) is 2.20. The molecule has 0 unspecified atom stereocenters. The van der Waals surface area contributed by atoms with E-state index in [1.165, 1.54) is 0 Å². The van der Waals surface area contributed by atoms with E-state index in [1.54, 1.807) is 0 Å². The Morgan fingerprint density at radius 1 is 1.33 bits per heavy atom. The molecule has 0 heterocycles. The van der Waals surface area contributed by atoms with Crippen molar-refractivity contribution in [1.82, 2.24) is 0 Å². The second-order valence-corrected chi connectivity index (χ2v) is 2.98. The summed E-state index contributed by atoms with van der Waals surface area (Å²) in [6, 6.07) is 0.667. The third-order valence-electron chi connectivity index (χ3n) is 1.67. The summed E-state index contributed by atoms with van der Waals surface area (Å²) in [6.45, 7) is 13.6. The lowest BCUT2D eigenvalue weighted by Gasteiger charge is -2.08. The molecule has 0 aliphatic carbocycles. The predicted octanol–water partition coefficient (Wildman–Crippen LogP) is 0.0128. The van der Waals surface area contributed by atoms with Crippen LogP contribution in [0.2, 0.25) is 0 Å². The molecule has 0 bridgehead atoms. The van der Waals surface area contributed by atoms with Gasteiger partial charge in [0, 0.05) is 12.8 Å². The highest BCUT2D eigenvalue weighted by atomic mass is 16.4. The maximum absolute atomic E-state index is 9.14. The minimum atomic E-state index is -1.23. The summed E-state index contributed by atoms with van der Waals surface area (Å²) in [5.74, 6) is -1.23. The predicted molar refractivity (Wildman–Crippen MR) is 61.1 cm³/mol. The zero-order valence-electron chi connectivity index (χ0n) is 9.45. The van der Waals surface area contributed by atoms with Crippen molar-refractivity contribution in [3.8, 4) is 0 Å². The lowest BCUT2D eigenvalue weighted by Crippen LogP contribution is -2.89. The Labute approximate surface area is 92.2 Å². The number of aliphatic carboxylic acids is 1. The number of nitrogens with two attached hydrogens (primary N) is 1. The minimum Gasteiger partial charge on any atom is -0.545 e. The summed E-state index contributed by atoms with van der Waals surface area (Å²) in [5.41, 5.74) is 0. The Balaban J connectivity index is 0. The van der Waals surface area contributed by atoms with E-state index in [4.69, 9.17) is 9.90 Å². The molecule has 0 aliphatic heterocycles. The standard InChI is InChI=1S/C9H17N.C3H4O2/c1-4-7-9(8-5-2)10-6-3;1-2-3(4)5/h4-5,9-10H,1-2,6-8H2,3H3;2H,1H2,(H,4,5). The highest BCUT2D eigenvalue weighted by Crippen LogP contribution is 1.92. The third kappa shape index (κ3) is 15.4. The quantitative estimate of drug-likeness (QED) is 0.476. The molecule has 3 heteroatoms. The van der Waals surface area contributed by atoms with E-state index in [1.807, 2.05) is 12.2 Å². The highest BCUT2D eigenvalue weighted by Gasteiger charge is 2.04. The van der Waals surface area contributed by atoms with Crippen molar-refractivity contribution in [2.75, 3.05) is 6.54 Å². The number of rotatable bonds is 7. The summed E-state index contributed by atoms with van der Waals surface area (Å²) in [7, 11) is 0. The second-order valence-electron chi connectivity index (χ2n) is 2.98. The molecule has 0 saturated heterocycles. The molecule has 0 spiro atoms. The van der Waals surface area contributed by atoms with Crippen molar-refractivity contribution in [2.45, 2.75) is 25.8 Å². The Morgan fingerprint density at radius 2 is 1.73 bits per heavy atom. The number of carboxylic acids is 1. The highest BCUT2D eigenvalue weighted by molar-refractivity contribution is 5.76. The van der Waals surface area contributed by atoms with Gasteiger partial charge in [-0.25, -0.2) is 0 Å². The molecule has 0 radical (unpaired) electrons. The Bertz CT molecular complexity index is 190. The Kier molecular flexibility index (Phi) is 13.6. The first-order valence-electron chi connectivity index (χ1n) is 5.00. The van der Waals surface area contributed by atoms with Crippen molar-refractivity contribution in [1.29, 1.82) is 0 Å². The van der Waals surface area contributed by atoms with Crippen molar-refractivity contribution >= 4 is 5.97 Å². The van der Waals surface area contributed by atoms with Gasteiger partial charge in [0.05, 0.1) is 18.6 Å². The molecule has 0 fully saturated rings. The minimum absolute atomic E-state index is 0.667. The van der Waals surface area contributed by atoms with Crippen LogP contribution in [0.5, 0.6) is 0 Å². The van der Waals surface area contributed by atoms with E-state index in [2.05, 4.69) is 32.0 Å². The summed E-state index contributed by atoms with van der Waals surface area (Å²) >= 11 is 0. The SMILES string of the molecule is C=CC(=O)[O-].C=CCC(CC=C)[NH2+]CC. The van der Waals surface area contributed by atoms with Crippen LogP contribution in [0.4, 0.5) is 0 Å². The Hall–Kier alpha value is -1.35. The number of carboxylic acid groups (broad SMARTS) is 1. The van der Waals surface area contributed by atoms with Crippen molar-refractivity contribution in [2.24, 2.45) is 0 Å². The molecule has 0 aromatic carbocycles. The molecular weight excluding hydrogens is 190 g/mol. The van der Waals surface area contributed by atoms with E-state index < -0.39 is 5.97 Å². The van der Waals surface area contributed by atoms with Crippen molar-refractivity contribution < 1.29 is 15.2 Å². The lowest BCUT2D eigenvalue weighted by molar-refractivity contribution is -0.685. The van der Waals surface area contributed by atoms with Gasteiger partial charge < -0.3 is 15.2 Å².